The Balaban J connectivity index is 1.50. The molecule has 3 aliphatic rings. The number of ether oxygens (including phenoxy) is 1. The first kappa shape index (κ1) is 22.7. The number of fused-ring (bicyclic) bond motifs is 3. The Bertz CT molecular complexity index is 674. The Morgan fingerprint density at radius 1 is 0.759 bits per heavy atom. The minimum absolute atomic E-state index is 0.0860. The molecule has 0 saturated heterocycles. The molecule has 1 aromatic carbocycles. The van der Waals surface area contributed by atoms with E-state index in [4.69, 9.17) is 4.74 Å². The maximum absolute atomic E-state index is 12.8. The highest BCUT2D eigenvalue weighted by molar-refractivity contribution is 8.45. The van der Waals surface area contributed by atoms with E-state index in [-0.39, 0.29) is 11.2 Å². The van der Waals surface area contributed by atoms with Crippen LogP contribution in [0.3, 0.4) is 0 Å². The Hall–Kier alpha value is -0.980. The highest BCUT2D eigenvalue weighted by Crippen LogP contribution is 3.02. The average molecular weight is 441 g/mol. The van der Waals surface area contributed by atoms with Gasteiger partial charge in [-0.2, -0.15) is 0 Å². The van der Waals surface area contributed by atoms with Crippen molar-refractivity contribution in [3.63, 3.8) is 0 Å². The average Bonchev–Trinajstić information content (AvgIpc) is 2.66. The van der Waals surface area contributed by atoms with Gasteiger partial charge in [-0.15, -0.1) is 0 Å². The van der Waals surface area contributed by atoms with Crippen molar-refractivity contribution in [2.24, 2.45) is 10.8 Å². The van der Waals surface area contributed by atoms with Crippen LogP contribution in [0.1, 0.15) is 84.0 Å². The van der Waals surface area contributed by atoms with Crippen molar-refractivity contribution in [2.45, 2.75) is 88.9 Å². The van der Waals surface area contributed by atoms with Crippen LogP contribution in [0.15, 0.2) is 29.2 Å². The Morgan fingerprint density at radius 2 is 1.28 bits per heavy atom. The number of hydrogen-bond donors (Lipinski definition) is 0. The predicted molar refractivity (Wildman–Crippen MR) is 109 cm³/mol. The monoisotopic (exact) mass is 440 g/mol. The molecule has 3 aliphatic carbocycles. The van der Waals surface area contributed by atoms with Gasteiger partial charge in [0, 0.05) is 5.41 Å². The van der Waals surface area contributed by atoms with E-state index in [1.807, 2.05) is 0 Å². The molecule has 0 spiro atoms. The van der Waals surface area contributed by atoms with E-state index >= 15 is 0 Å². The molecule has 1 aromatic rings. The van der Waals surface area contributed by atoms with E-state index in [2.05, 4.69) is 6.92 Å². The Labute approximate surface area is 171 Å². The third kappa shape index (κ3) is 5.80. The van der Waals surface area contributed by atoms with E-state index in [1.165, 1.54) is 57.8 Å². The van der Waals surface area contributed by atoms with Gasteiger partial charge >= 0.3 is 10.2 Å². The van der Waals surface area contributed by atoms with E-state index in [9.17, 15) is 19.4 Å². The third-order valence-corrected chi connectivity index (χ3v) is 8.34. The van der Waals surface area contributed by atoms with Crippen LogP contribution < -0.4 is 4.74 Å². The van der Waals surface area contributed by atoms with Crippen LogP contribution in [0.25, 0.3) is 0 Å². The van der Waals surface area contributed by atoms with Crippen molar-refractivity contribution in [3.8, 4) is 5.75 Å². The molecule has 0 radical (unpaired) electrons. The van der Waals surface area contributed by atoms with Gasteiger partial charge in [-0.1, -0.05) is 58.5 Å². The molecule has 0 heterocycles. The van der Waals surface area contributed by atoms with Crippen LogP contribution in [0.4, 0.5) is 19.4 Å². The topological polar surface area (TPSA) is 9.23 Å². The third-order valence-electron chi connectivity index (χ3n) is 7.18. The first-order valence-corrected chi connectivity index (χ1v) is 12.8. The summed E-state index contributed by atoms with van der Waals surface area (Å²) < 4.78 is 69.9. The molecule has 29 heavy (non-hydrogen) atoms. The molecule has 3 fully saturated rings. The van der Waals surface area contributed by atoms with Gasteiger partial charge in [0.25, 0.3) is 0 Å². The summed E-state index contributed by atoms with van der Waals surface area (Å²) in [6.45, 7) is 2.68. The van der Waals surface area contributed by atoms with Crippen molar-refractivity contribution < 1.29 is 24.2 Å². The lowest BCUT2D eigenvalue weighted by Crippen LogP contribution is -2.44. The molecule has 0 atom stereocenters. The lowest BCUT2D eigenvalue weighted by Gasteiger charge is -2.53. The molecule has 2 bridgehead atoms. The normalized spacial score (nSPS) is 29.3. The number of rotatable bonds is 10. The zero-order valence-corrected chi connectivity index (χ0v) is 18.0. The van der Waals surface area contributed by atoms with Crippen LogP contribution in [0.2, 0.25) is 0 Å². The summed E-state index contributed by atoms with van der Waals surface area (Å²) in [7, 11) is -9.62. The van der Waals surface area contributed by atoms with Gasteiger partial charge in [0.05, 0.1) is 6.61 Å². The summed E-state index contributed by atoms with van der Waals surface area (Å²) in [4.78, 5) is -1.87. The van der Waals surface area contributed by atoms with E-state index in [0.717, 1.165) is 31.4 Å². The fraction of sp³-hybridized carbons (Fsp3) is 0.727. The second-order valence-electron chi connectivity index (χ2n) is 9.39. The lowest BCUT2D eigenvalue weighted by atomic mass is 9.53. The number of halogens is 5. The second kappa shape index (κ2) is 7.31. The Morgan fingerprint density at radius 3 is 1.79 bits per heavy atom. The molecule has 0 N–H and O–H groups in total. The van der Waals surface area contributed by atoms with E-state index < -0.39 is 15.1 Å². The summed E-state index contributed by atoms with van der Waals surface area (Å²) in [5.74, 6) is 0.225. The van der Waals surface area contributed by atoms with E-state index in [0.29, 0.717) is 24.2 Å². The first-order valence-electron chi connectivity index (χ1n) is 10.8. The van der Waals surface area contributed by atoms with Crippen molar-refractivity contribution >= 4 is 10.2 Å². The summed E-state index contributed by atoms with van der Waals surface area (Å²) >= 11 is 0. The molecule has 7 heteroatoms. The quantitative estimate of drug-likeness (QED) is 0.260. The predicted octanol–water partition coefficient (Wildman–Crippen LogP) is 9.42. The maximum atomic E-state index is 12.8. The summed E-state index contributed by atoms with van der Waals surface area (Å²) in [5, 5.41) is 0. The molecule has 1 nitrogen and oxygen atoms in total. The van der Waals surface area contributed by atoms with Gasteiger partial charge < -0.3 is 4.74 Å². The smallest absolute Gasteiger partial charge is 0.310 e. The van der Waals surface area contributed by atoms with Gasteiger partial charge in [-0.05, 0) is 74.6 Å². The second-order valence-corrected chi connectivity index (χ2v) is 11.8. The molecule has 0 amide bonds. The molecule has 0 aliphatic heterocycles. The first-order chi connectivity index (χ1) is 13.4. The Kier molecular flexibility index (Phi) is 5.72. The summed E-state index contributed by atoms with van der Waals surface area (Å²) in [6, 6.07) is 2.88. The largest absolute Gasteiger partial charge is 0.493 e. The SMILES string of the molecule is CCCCCCCC12CCC(COc3ccc(S(F)(F)(F)(F)F)cc3)(CC1)CC2. The molecule has 168 valence electrons. The lowest BCUT2D eigenvalue weighted by molar-refractivity contribution is -0.0409. The zero-order valence-electron chi connectivity index (χ0n) is 17.2. The standard InChI is InChI=1S/C22H33F5OS/c1-2-3-4-5-6-11-21-12-15-22(16-13-21,17-14-21)18-28-19-7-9-20(10-8-19)29(23,24,25,26)27/h7-10H,2-6,11-18H2,1H3. The minimum atomic E-state index is -9.62. The number of hydrogen-bond acceptors (Lipinski definition) is 1. The van der Waals surface area contributed by atoms with Crippen molar-refractivity contribution in [1.29, 1.82) is 0 Å². The van der Waals surface area contributed by atoms with Crippen LogP contribution in [-0.4, -0.2) is 6.61 Å². The molecule has 0 aromatic heterocycles. The van der Waals surface area contributed by atoms with Gasteiger partial charge in [0.15, 0.2) is 0 Å². The fourth-order valence-electron chi connectivity index (χ4n) is 5.07. The number of benzene rings is 1. The molecule has 0 unspecified atom stereocenters. The van der Waals surface area contributed by atoms with Crippen LogP contribution >= 0.6 is 10.2 Å². The molecule has 4 rings (SSSR count). The minimum Gasteiger partial charge on any atom is -0.493 e. The highest BCUT2D eigenvalue weighted by atomic mass is 32.5. The summed E-state index contributed by atoms with van der Waals surface area (Å²) in [6.07, 6.45) is 14.7. The molecular formula is C22H33F5OS. The zero-order chi connectivity index (χ0) is 21.3. The van der Waals surface area contributed by atoms with Gasteiger partial charge in [-0.25, -0.2) is 0 Å². The van der Waals surface area contributed by atoms with Gasteiger partial charge in [-0.3, -0.25) is 0 Å². The van der Waals surface area contributed by atoms with Crippen LogP contribution in [0.5, 0.6) is 5.75 Å². The number of unbranched alkanes of at least 4 members (excludes halogenated alkanes) is 4. The fourth-order valence-corrected chi connectivity index (χ4v) is 5.72. The van der Waals surface area contributed by atoms with Crippen LogP contribution in [0, 0.1) is 10.8 Å². The van der Waals surface area contributed by atoms with Crippen molar-refractivity contribution in [1.82, 2.24) is 0 Å². The van der Waals surface area contributed by atoms with Crippen molar-refractivity contribution in [2.75, 3.05) is 6.61 Å². The molecular weight excluding hydrogens is 407 g/mol. The highest BCUT2D eigenvalue weighted by Gasteiger charge is 2.65. The maximum Gasteiger partial charge on any atom is 0.310 e. The van der Waals surface area contributed by atoms with Crippen molar-refractivity contribution in [3.05, 3.63) is 24.3 Å². The van der Waals surface area contributed by atoms with Gasteiger partial charge in [0.1, 0.15) is 10.6 Å². The molecule has 3 saturated carbocycles. The van der Waals surface area contributed by atoms with Crippen LogP contribution in [-0.2, 0) is 0 Å². The van der Waals surface area contributed by atoms with Gasteiger partial charge in [0.2, 0.25) is 0 Å². The summed E-state index contributed by atoms with van der Waals surface area (Å²) in [5.41, 5.74) is 0.569. The van der Waals surface area contributed by atoms with E-state index in [1.54, 1.807) is 0 Å².